The van der Waals surface area contributed by atoms with Crippen LogP contribution in [0.1, 0.15) is 26.0 Å². The molecule has 1 atom stereocenters. The molecule has 0 saturated carbocycles. The van der Waals surface area contributed by atoms with E-state index in [4.69, 9.17) is 4.42 Å². The highest BCUT2D eigenvalue weighted by molar-refractivity contribution is 5.78. The Labute approximate surface area is 107 Å². The molecule has 3 heteroatoms. The van der Waals surface area contributed by atoms with Crippen molar-refractivity contribution >= 4 is 11.0 Å². The highest BCUT2D eigenvalue weighted by Crippen LogP contribution is 2.45. The zero-order valence-electron chi connectivity index (χ0n) is 10.9. The van der Waals surface area contributed by atoms with Crippen LogP contribution in [0.2, 0.25) is 0 Å². The molecule has 1 aliphatic heterocycles. The first kappa shape index (κ1) is 11.8. The topological polar surface area (TPSA) is 45.4 Å². The number of hydrogen-bond acceptors (Lipinski definition) is 3. The van der Waals surface area contributed by atoms with E-state index in [0.717, 1.165) is 24.1 Å². The fourth-order valence-corrected chi connectivity index (χ4v) is 2.80. The van der Waals surface area contributed by atoms with Gasteiger partial charge in [-0.25, -0.2) is 0 Å². The Balaban J connectivity index is 2.12. The summed E-state index contributed by atoms with van der Waals surface area (Å²) in [5, 5.41) is 15.4. The molecule has 1 aromatic heterocycles. The van der Waals surface area contributed by atoms with Gasteiger partial charge in [-0.15, -0.1) is 0 Å². The number of para-hydroxylation sites is 1. The van der Waals surface area contributed by atoms with E-state index in [1.54, 1.807) is 0 Å². The molecule has 1 unspecified atom stereocenters. The van der Waals surface area contributed by atoms with Crippen LogP contribution in [0.5, 0.6) is 0 Å². The molecular weight excluding hydrogens is 226 g/mol. The van der Waals surface area contributed by atoms with Gasteiger partial charge in [-0.05, 0) is 25.1 Å². The van der Waals surface area contributed by atoms with E-state index in [1.165, 1.54) is 0 Å². The van der Waals surface area contributed by atoms with Crippen molar-refractivity contribution in [2.75, 3.05) is 13.1 Å². The van der Waals surface area contributed by atoms with Crippen LogP contribution in [0.25, 0.3) is 11.0 Å². The first-order chi connectivity index (χ1) is 8.53. The van der Waals surface area contributed by atoms with Gasteiger partial charge in [-0.1, -0.05) is 32.0 Å². The standard InChI is InChI=1S/C15H19NO2/c1-14(2)10-16-8-7-15(14,17)13-9-11-5-3-4-6-12(11)18-13/h3-6,9,16-17H,7-8,10H2,1-2H3. The van der Waals surface area contributed by atoms with Crippen molar-refractivity contribution in [1.29, 1.82) is 0 Å². The van der Waals surface area contributed by atoms with Gasteiger partial charge in [0.05, 0.1) is 0 Å². The van der Waals surface area contributed by atoms with E-state index in [2.05, 4.69) is 19.2 Å². The van der Waals surface area contributed by atoms with Gasteiger partial charge in [-0.3, -0.25) is 0 Å². The van der Waals surface area contributed by atoms with Crippen molar-refractivity contribution in [2.45, 2.75) is 25.9 Å². The van der Waals surface area contributed by atoms with Crippen LogP contribution in [0.4, 0.5) is 0 Å². The summed E-state index contributed by atoms with van der Waals surface area (Å²) in [6, 6.07) is 9.87. The summed E-state index contributed by atoms with van der Waals surface area (Å²) in [7, 11) is 0. The normalized spacial score (nSPS) is 27.5. The molecule has 0 spiro atoms. The van der Waals surface area contributed by atoms with Crippen LogP contribution in [-0.4, -0.2) is 18.2 Å². The number of piperidine rings is 1. The predicted octanol–water partition coefficient (Wildman–Crippen LogP) is 2.64. The molecule has 0 aliphatic carbocycles. The van der Waals surface area contributed by atoms with Crippen LogP contribution < -0.4 is 5.32 Å². The maximum atomic E-state index is 11.0. The lowest BCUT2D eigenvalue weighted by Crippen LogP contribution is -2.53. The minimum Gasteiger partial charge on any atom is -0.458 e. The third-order valence-electron chi connectivity index (χ3n) is 4.18. The molecule has 1 saturated heterocycles. The average Bonchev–Trinajstić information content (AvgIpc) is 2.77. The Kier molecular flexibility index (Phi) is 2.50. The molecule has 18 heavy (non-hydrogen) atoms. The number of furan rings is 1. The fraction of sp³-hybridized carbons (Fsp3) is 0.467. The highest BCUT2D eigenvalue weighted by atomic mass is 16.4. The van der Waals surface area contributed by atoms with E-state index >= 15 is 0 Å². The van der Waals surface area contributed by atoms with Gasteiger partial charge >= 0.3 is 0 Å². The summed E-state index contributed by atoms with van der Waals surface area (Å²) < 4.78 is 5.87. The first-order valence-corrected chi connectivity index (χ1v) is 6.45. The second-order valence-electron chi connectivity index (χ2n) is 5.82. The molecular formula is C15H19NO2. The van der Waals surface area contributed by atoms with E-state index in [-0.39, 0.29) is 5.41 Å². The lowest BCUT2D eigenvalue weighted by molar-refractivity contribution is -0.108. The Morgan fingerprint density at radius 1 is 1.28 bits per heavy atom. The van der Waals surface area contributed by atoms with Gasteiger partial charge < -0.3 is 14.8 Å². The maximum absolute atomic E-state index is 11.0. The van der Waals surface area contributed by atoms with Crippen LogP contribution in [-0.2, 0) is 5.60 Å². The summed E-state index contributed by atoms with van der Waals surface area (Å²) in [4.78, 5) is 0. The Bertz CT molecular complexity index is 540. The van der Waals surface area contributed by atoms with E-state index < -0.39 is 5.60 Å². The Hall–Kier alpha value is -1.32. The minimum absolute atomic E-state index is 0.237. The van der Waals surface area contributed by atoms with E-state index in [9.17, 15) is 5.11 Å². The van der Waals surface area contributed by atoms with Crippen molar-refractivity contribution in [3.8, 4) is 0 Å². The number of fused-ring (bicyclic) bond motifs is 1. The van der Waals surface area contributed by atoms with Gasteiger partial charge in [0, 0.05) is 17.3 Å². The number of nitrogens with one attached hydrogen (secondary N) is 1. The quantitative estimate of drug-likeness (QED) is 0.812. The van der Waals surface area contributed by atoms with Crippen molar-refractivity contribution in [2.24, 2.45) is 5.41 Å². The molecule has 1 aromatic carbocycles. The number of benzene rings is 1. The van der Waals surface area contributed by atoms with Gasteiger partial charge in [0.25, 0.3) is 0 Å². The number of rotatable bonds is 1. The highest BCUT2D eigenvalue weighted by Gasteiger charge is 2.48. The Morgan fingerprint density at radius 2 is 2.06 bits per heavy atom. The lowest BCUT2D eigenvalue weighted by atomic mass is 9.69. The van der Waals surface area contributed by atoms with E-state index in [1.807, 2.05) is 30.3 Å². The van der Waals surface area contributed by atoms with Crippen molar-refractivity contribution in [3.63, 3.8) is 0 Å². The van der Waals surface area contributed by atoms with Gasteiger partial charge in [-0.2, -0.15) is 0 Å². The zero-order valence-corrected chi connectivity index (χ0v) is 10.9. The molecule has 0 radical (unpaired) electrons. The van der Waals surface area contributed by atoms with Crippen molar-refractivity contribution < 1.29 is 9.52 Å². The molecule has 2 heterocycles. The maximum Gasteiger partial charge on any atom is 0.137 e. The smallest absolute Gasteiger partial charge is 0.137 e. The molecule has 2 aromatic rings. The second-order valence-corrected chi connectivity index (χ2v) is 5.82. The minimum atomic E-state index is -0.892. The molecule has 3 rings (SSSR count). The summed E-state index contributed by atoms with van der Waals surface area (Å²) in [6.07, 6.45) is 0.680. The second kappa shape index (κ2) is 3.84. The number of aliphatic hydroxyl groups is 1. The molecule has 0 amide bonds. The third-order valence-corrected chi connectivity index (χ3v) is 4.18. The average molecular weight is 245 g/mol. The molecule has 3 nitrogen and oxygen atoms in total. The van der Waals surface area contributed by atoms with Crippen LogP contribution in [0.3, 0.4) is 0 Å². The fourth-order valence-electron chi connectivity index (χ4n) is 2.80. The van der Waals surface area contributed by atoms with Crippen molar-refractivity contribution in [1.82, 2.24) is 5.32 Å². The van der Waals surface area contributed by atoms with Gasteiger partial charge in [0.1, 0.15) is 16.9 Å². The lowest BCUT2D eigenvalue weighted by Gasteiger charge is -2.45. The monoisotopic (exact) mass is 245 g/mol. The molecule has 96 valence electrons. The summed E-state index contributed by atoms with van der Waals surface area (Å²) in [5.74, 6) is 0.690. The molecule has 2 N–H and O–H groups in total. The molecule has 0 bridgehead atoms. The summed E-state index contributed by atoms with van der Waals surface area (Å²) >= 11 is 0. The van der Waals surface area contributed by atoms with Crippen LogP contribution in [0, 0.1) is 5.41 Å². The zero-order chi connectivity index (χ0) is 12.8. The number of hydrogen-bond donors (Lipinski definition) is 2. The molecule has 1 aliphatic rings. The summed E-state index contributed by atoms with van der Waals surface area (Å²) in [6.45, 7) is 5.76. The van der Waals surface area contributed by atoms with Gasteiger partial charge in [0.2, 0.25) is 0 Å². The Morgan fingerprint density at radius 3 is 2.78 bits per heavy atom. The predicted molar refractivity (Wildman–Crippen MR) is 71.4 cm³/mol. The molecule has 1 fully saturated rings. The third kappa shape index (κ3) is 1.58. The van der Waals surface area contributed by atoms with E-state index in [0.29, 0.717) is 12.2 Å². The SMILES string of the molecule is CC1(C)CNCCC1(O)c1cc2ccccc2o1. The van der Waals surface area contributed by atoms with Gasteiger partial charge in [0.15, 0.2) is 0 Å². The largest absolute Gasteiger partial charge is 0.458 e. The van der Waals surface area contributed by atoms with Crippen LogP contribution in [0.15, 0.2) is 34.7 Å². The van der Waals surface area contributed by atoms with Crippen molar-refractivity contribution in [3.05, 3.63) is 36.1 Å². The first-order valence-electron chi connectivity index (χ1n) is 6.45. The van der Waals surface area contributed by atoms with Crippen LogP contribution >= 0.6 is 0 Å². The summed E-state index contributed by atoms with van der Waals surface area (Å²) in [5.41, 5.74) is -0.286.